The van der Waals surface area contributed by atoms with Crippen molar-refractivity contribution >= 4 is 11.6 Å². The quantitative estimate of drug-likeness (QED) is 0.931. The molecule has 1 heterocycles. The number of ether oxygens (including phenoxy) is 1. The molecule has 0 radical (unpaired) electrons. The number of carbonyl (C=O) groups excluding carboxylic acids is 1. The van der Waals surface area contributed by atoms with Gasteiger partial charge in [-0.2, -0.15) is 0 Å². The standard InChI is InChI=1S/C15H15FN2O2/c1-10(2)20-14-7-6-11(9-12(14)16)18-15(19)13-5-3-4-8-17-13/h3-10H,1-2H3,(H,18,19). The van der Waals surface area contributed by atoms with Crippen molar-refractivity contribution < 1.29 is 13.9 Å². The largest absolute Gasteiger partial charge is 0.488 e. The summed E-state index contributed by atoms with van der Waals surface area (Å²) in [6, 6.07) is 9.31. The number of benzene rings is 1. The molecule has 5 heteroatoms. The Morgan fingerprint density at radius 1 is 1.30 bits per heavy atom. The molecule has 0 bridgehead atoms. The first-order valence-corrected chi connectivity index (χ1v) is 6.25. The van der Waals surface area contributed by atoms with E-state index in [0.717, 1.165) is 0 Å². The Morgan fingerprint density at radius 3 is 2.70 bits per heavy atom. The van der Waals surface area contributed by atoms with Crippen LogP contribution in [0.3, 0.4) is 0 Å². The van der Waals surface area contributed by atoms with Gasteiger partial charge < -0.3 is 10.1 Å². The maximum Gasteiger partial charge on any atom is 0.274 e. The maximum absolute atomic E-state index is 13.8. The summed E-state index contributed by atoms with van der Waals surface area (Å²) < 4.78 is 19.1. The molecule has 0 unspecified atom stereocenters. The van der Waals surface area contributed by atoms with Crippen LogP contribution < -0.4 is 10.1 Å². The number of nitrogens with one attached hydrogen (secondary N) is 1. The maximum atomic E-state index is 13.8. The summed E-state index contributed by atoms with van der Waals surface area (Å²) in [6.07, 6.45) is 1.41. The molecule has 2 aromatic rings. The molecule has 0 aliphatic rings. The molecular weight excluding hydrogens is 259 g/mol. The van der Waals surface area contributed by atoms with E-state index in [1.807, 2.05) is 13.8 Å². The normalized spacial score (nSPS) is 10.4. The topological polar surface area (TPSA) is 51.2 Å². The Balaban J connectivity index is 2.11. The molecule has 1 aromatic carbocycles. The zero-order valence-corrected chi connectivity index (χ0v) is 11.3. The van der Waals surface area contributed by atoms with E-state index in [2.05, 4.69) is 10.3 Å². The average molecular weight is 274 g/mol. The van der Waals surface area contributed by atoms with Crippen molar-refractivity contribution in [1.82, 2.24) is 4.98 Å². The smallest absolute Gasteiger partial charge is 0.274 e. The first kappa shape index (κ1) is 14.0. The number of aromatic nitrogens is 1. The number of hydrogen-bond donors (Lipinski definition) is 1. The number of anilines is 1. The summed E-state index contributed by atoms with van der Waals surface area (Å²) in [4.78, 5) is 15.8. The van der Waals surface area contributed by atoms with E-state index in [-0.39, 0.29) is 23.5 Å². The highest BCUT2D eigenvalue weighted by molar-refractivity contribution is 6.02. The van der Waals surface area contributed by atoms with Gasteiger partial charge in [0, 0.05) is 18.0 Å². The summed E-state index contributed by atoms with van der Waals surface area (Å²) in [5.41, 5.74) is 0.629. The van der Waals surface area contributed by atoms with Gasteiger partial charge in [-0.15, -0.1) is 0 Å². The Hall–Kier alpha value is -2.43. The van der Waals surface area contributed by atoms with Crippen LogP contribution in [-0.2, 0) is 0 Å². The van der Waals surface area contributed by atoms with Gasteiger partial charge in [0.2, 0.25) is 0 Å². The first-order chi connectivity index (χ1) is 9.56. The number of nitrogens with zero attached hydrogens (tertiary/aromatic N) is 1. The second kappa shape index (κ2) is 6.14. The summed E-state index contributed by atoms with van der Waals surface area (Å²) in [6.45, 7) is 3.63. The Labute approximate surface area is 116 Å². The van der Waals surface area contributed by atoms with Crippen molar-refractivity contribution in [3.63, 3.8) is 0 Å². The average Bonchev–Trinajstić information content (AvgIpc) is 2.42. The highest BCUT2D eigenvalue weighted by Crippen LogP contribution is 2.22. The Morgan fingerprint density at radius 2 is 2.10 bits per heavy atom. The third kappa shape index (κ3) is 3.54. The minimum Gasteiger partial charge on any atom is -0.488 e. The lowest BCUT2D eigenvalue weighted by Gasteiger charge is -2.11. The van der Waals surface area contributed by atoms with Gasteiger partial charge in [-0.25, -0.2) is 4.39 Å². The summed E-state index contributed by atoms with van der Waals surface area (Å²) in [5.74, 6) is -0.740. The van der Waals surface area contributed by atoms with E-state index in [4.69, 9.17) is 4.74 Å². The second-order valence-electron chi connectivity index (χ2n) is 4.48. The van der Waals surface area contributed by atoms with Gasteiger partial charge in [0.1, 0.15) is 5.69 Å². The highest BCUT2D eigenvalue weighted by Gasteiger charge is 2.10. The fraction of sp³-hybridized carbons (Fsp3) is 0.200. The van der Waals surface area contributed by atoms with Crippen molar-refractivity contribution in [3.05, 3.63) is 54.1 Å². The van der Waals surface area contributed by atoms with Crippen LogP contribution in [0.15, 0.2) is 42.6 Å². The van der Waals surface area contributed by atoms with Gasteiger partial charge in [-0.3, -0.25) is 9.78 Å². The van der Waals surface area contributed by atoms with Crippen LogP contribution in [-0.4, -0.2) is 17.0 Å². The lowest BCUT2D eigenvalue weighted by molar-refractivity contribution is 0.102. The molecule has 0 saturated heterocycles. The third-order valence-electron chi connectivity index (χ3n) is 2.45. The molecule has 0 spiro atoms. The van der Waals surface area contributed by atoms with E-state index < -0.39 is 5.82 Å². The summed E-state index contributed by atoms with van der Waals surface area (Å²) in [7, 11) is 0. The number of carbonyl (C=O) groups is 1. The van der Waals surface area contributed by atoms with Crippen molar-refractivity contribution in [1.29, 1.82) is 0 Å². The van der Waals surface area contributed by atoms with E-state index in [1.165, 1.54) is 18.3 Å². The molecule has 1 aromatic heterocycles. The van der Waals surface area contributed by atoms with Gasteiger partial charge in [0.15, 0.2) is 11.6 Å². The van der Waals surface area contributed by atoms with Gasteiger partial charge in [-0.1, -0.05) is 6.07 Å². The summed E-state index contributed by atoms with van der Waals surface area (Å²) >= 11 is 0. The molecule has 0 aliphatic carbocycles. The zero-order valence-electron chi connectivity index (χ0n) is 11.3. The van der Waals surface area contributed by atoms with Crippen LogP contribution in [0, 0.1) is 5.82 Å². The molecule has 0 atom stereocenters. The molecule has 4 nitrogen and oxygen atoms in total. The number of halogens is 1. The van der Waals surface area contributed by atoms with Crippen LogP contribution in [0.1, 0.15) is 24.3 Å². The molecular formula is C15H15FN2O2. The van der Waals surface area contributed by atoms with Crippen molar-refractivity contribution in [2.45, 2.75) is 20.0 Å². The van der Waals surface area contributed by atoms with Crippen molar-refractivity contribution in [2.24, 2.45) is 0 Å². The number of amides is 1. The van der Waals surface area contributed by atoms with Gasteiger partial charge in [0.25, 0.3) is 5.91 Å². The van der Waals surface area contributed by atoms with Gasteiger partial charge in [0.05, 0.1) is 6.10 Å². The molecule has 1 N–H and O–H groups in total. The Bertz CT molecular complexity index is 600. The number of rotatable bonds is 4. The molecule has 20 heavy (non-hydrogen) atoms. The molecule has 0 aliphatic heterocycles. The third-order valence-corrected chi connectivity index (χ3v) is 2.45. The lowest BCUT2D eigenvalue weighted by Crippen LogP contribution is -2.13. The Kier molecular flexibility index (Phi) is 4.30. The summed E-state index contributed by atoms with van der Waals surface area (Å²) in [5, 5.41) is 2.58. The van der Waals surface area contributed by atoms with Crippen LogP contribution in [0.25, 0.3) is 0 Å². The van der Waals surface area contributed by atoms with E-state index in [0.29, 0.717) is 5.69 Å². The first-order valence-electron chi connectivity index (χ1n) is 6.25. The van der Waals surface area contributed by atoms with E-state index in [9.17, 15) is 9.18 Å². The fourth-order valence-electron chi connectivity index (χ4n) is 1.62. The number of hydrogen-bond acceptors (Lipinski definition) is 3. The monoisotopic (exact) mass is 274 g/mol. The molecule has 104 valence electrons. The van der Waals surface area contributed by atoms with Gasteiger partial charge in [-0.05, 0) is 38.1 Å². The predicted molar refractivity (Wildman–Crippen MR) is 74.4 cm³/mol. The lowest BCUT2D eigenvalue weighted by atomic mass is 10.2. The van der Waals surface area contributed by atoms with Gasteiger partial charge >= 0.3 is 0 Å². The number of pyridine rings is 1. The minimum atomic E-state index is -0.516. The molecule has 0 saturated carbocycles. The fourth-order valence-corrected chi connectivity index (χ4v) is 1.62. The van der Waals surface area contributed by atoms with Crippen LogP contribution >= 0.6 is 0 Å². The van der Waals surface area contributed by atoms with E-state index >= 15 is 0 Å². The highest BCUT2D eigenvalue weighted by atomic mass is 19.1. The second-order valence-corrected chi connectivity index (χ2v) is 4.48. The minimum absolute atomic E-state index is 0.113. The predicted octanol–water partition coefficient (Wildman–Crippen LogP) is 3.26. The van der Waals surface area contributed by atoms with E-state index in [1.54, 1.807) is 24.3 Å². The molecule has 2 rings (SSSR count). The van der Waals surface area contributed by atoms with Crippen molar-refractivity contribution in [3.8, 4) is 5.75 Å². The molecule has 0 fully saturated rings. The van der Waals surface area contributed by atoms with Crippen LogP contribution in [0.5, 0.6) is 5.75 Å². The zero-order chi connectivity index (χ0) is 14.5. The van der Waals surface area contributed by atoms with Crippen molar-refractivity contribution in [2.75, 3.05) is 5.32 Å². The van der Waals surface area contributed by atoms with Crippen LogP contribution in [0.2, 0.25) is 0 Å². The van der Waals surface area contributed by atoms with Crippen LogP contribution in [0.4, 0.5) is 10.1 Å². The SMILES string of the molecule is CC(C)Oc1ccc(NC(=O)c2ccccn2)cc1F. The molecule has 1 amide bonds.